The fraction of sp³-hybridized carbons (Fsp3) is 0.762. The van der Waals surface area contributed by atoms with E-state index in [1.54, 1.807) is 0 Å². The number of carbonyl (C=O) groups is 2. The maximum absolute atomic E-state index is 13.3. The van der Waals surface area contributed by atoms with Crippen LogP contribution in [-0.2, 0) is 20.7 Å². The van der Waals surface area contributed by atoms with Crippen molar-refractivity contribution in [2.75, 3.05) is 17.7 Å². The maximum atomic E-state index is 13.3. The van der Waals surface area contributed by atoms with Crippen LogP contribution in [0.15, 0.2) is 10.4 Å². The van der Waals surface area contributed by atoms with Crippen LogP contribution in [0.5, 0.6) is 0 Å². The molecule has 2 fully saturated rings. The number of thiazole rings is 1. The molecule has 0 spiro atoms. The fourth-order valence-electron chi connectivity index (χ4n) is 4.53. The van der Waals surface area contributed by atoms with Crippen molar-refractivity contribution in [2.45, 2.75) is 93.5 Å². The maximum Gasteiger partial charge on any atom is 0.354 e. The number of nitrogens with zero attached hydrogens (tertiary/aromatic N) is 2. The highest BCUT2D eigenvalue weighted by molar-refractivity contribution is 7.94. The third-order valence-corrected chi connectivity index (χ3v) is 8.55. The summed E-state index contributed by atoms with van der Waals surface area (Å²) in [4.78, 5) is 30.3. The molecule has 174 valence electrons. The van der Waals surface area contributed by atoms with Gasteiger partial charge in [-0.3, -0.25) is 5.32 Å². The molecule has 2 amide bonds. The lowest BCUT2D eigenvalue weighted by Crippen LogP contribution is -2.51. The first kappa shape index (κ1) is 24.3. The first-order chi connectivity index (χ1) is 15.0. The minimum absolute atomic E-state index is 0.158. The third kappa shape index (κ3) is 7.06. The van der Waals surface area contributed by atoms with E-state index in [9.17, 15) is 14.1 Å². The van der Waals surface area contributed by atoms with Gasteiger partial charge in [-0.05, 0) is 56.3 Å². The number of carboxylic acid groups (broad SMARTS) is 1. The molecule has 3 rings (SSSR count). The van der Waals surface area contributed by atoms with Crippen molar-refractivity contribution in [3.63, 3.8) is 0 Å². The Balaban J connectivity index is 1.64. The number of hydrogen-bond acceptors (Lipinski definition) is 6. The predicted molar refractivity (Wildman–Crippen MR) is 121 cm³/mol. The Morgan fingerprint density at radius 1 is 1.23 bits per heavy atom. The SMILES string of the molecule is CCCO[C@H]1CC[C@H](N(C(=O)Nc2ncc([S+]([O-])CC(=O)O)s2)C2CCCCC2)CC1. The lowest BCUT2D eigenvalue weighted by atomic mass is 9.88. The van der Waals surface area contributed by atoms with Gasteiger partial charge in [0, 0.05) is 29.9 Å². The molecule has 1 atom stereocenters. The zero-order valence-electron chi connectivity index (χ0n) is 18.1. The highest BCUT2D eigenvalue weighted by Gasteiger charge is 2.35. The van der Waals surface area contributed by atoms with Crippen molar-refractivity contribution in [2.24, 2.45) is 0 Å². The van der Waals surface area contributed by atoms with Gasteiger partial charge >= 0.3 is 12.0 Å². The number of ether oxygens (including phenoxy) is 1. The number of rotatable bonds is 9. The molecule has 2 aliphatic carbocycles. The summed E-state index contributed by atoms with van der Waals surface area (Å²) < 4.78 is 18.3. The van der Waals surface area contributed by atoms with Gasteiger partial charge in [0.15, 0.2) is 5.13 Å². The van der Waals surface area contributed by atoms with Gasteiger partial charge in [-0.1, -0.05) is 26.2 Å². The quantitative estimate of drug-likeness (QED) is 0.521. The molecule has 2 aliphatic rings. The average Bonchev–Trinajstić information content (AvgIpc) is 3.22. The van der Waals surface area contributed by atoms with Gasteiger partial charge < -0.3 is 19.3 Å². The van der Waals surface area contributed by atoms with Crippen LogP contribution in [-0.4, -0.2) is 62.1 Å². The normalized spacial score (nSPS) is 23.3. The fourth-order valence-corrected chi connectivity index (χ4v) is 6.39. The Hall–Kier alpha value is -1.36. The number of aliphatic carboxylic acids is 1. The van der Waals surface area contributed by atoms with Crippen molar-refractivity contribution in [1.29, 1.82) is 0 Å². The minimum atomic E-state index is -1.66. The summed E-state index contributed by atoms with van der Waals surface area (Å²) >= 11 is -0.578. The number of carbonyl (C=O) groups excluding carboxylic acids is 1. The van der Waals surface area contributed by atoms with Gasteiger partial charge in [0.1, 0.15) is 0 Å². The van der Waals surface area contributed by atoms with Crippen LogP contribution in [0.1, 0.15) is 71.1 Å². The summed E-state index contributed by atoms with van der Waals surface area (Å²) in [7, 11) is 0. The zero-order valence-corrected chi connectivity index (χ0v) is 19.7. The number of hydrogen-bond donors (Lipinski definition) is 2. The first-order valence-corrected chi connectivity index (χ1v) is 13.4. The second-order valence-electron chi connectivity index (χ2n) is 8.30. The zero-order chi connectivity index (χ0) is 22.2. The molecule has 1 unspecified atom stereocenters. The predicted octanol–water partition coefficient (Wildman–Crippen LogP) is 4.24. The Bertz CT molecular complexity index is 718. The van der Waals surface area contributed by atoms with E-state index in [4.69, 9.17) is 9.84 Å². The summed E-state index contributed by atoms with van der Waals surface area (Å²) in [6, 6.07) is 0.257. The highest BCUT2D eigenvalue weighted by atomic mass is 32.2. The second-order valence-corrected chi connectivity index (χ2v) is 11.0. The molecule has 31 heavy (non-hydrogen) atoms. The van der Waals surface area contributed by atoms with Gasteiger partial charge in [0.05, 0.1) is 12.3 Å². The molecule has 8 nitrogen and oxygen atoms in total. The smallest absolute Gasteiger partial charge is 0.354 e. The van der Waals surface area contributed by atoms with Gasteiger partial charge in [-0.15, -0.1) is 0 Å². The van der Waals surface area contributed by atoms with Crippen LogP contribution in [0.3, 0.4) is 0 Å². The van der Waals surface area contributed by atoms with Crippen LogP contribution in [0.25, 0.3) is 0 Å². The molecule has 10 heteroatoms. The lowest BCUT2D eigenvalue weighted by molar-refractivity contribution is -0.134. The number of carboxylic acids is 1. The van der Waals surface area contributed by atoms with Crippen LogP contribution in [0, 0.1) is 0 Å². The van der Waals surface area contributed by atoms with Gasteiger partial charge in [0.2, 0.25) is 9.96 Å². The van der Waals surface area contributed by atoms with E-state index in [2.05, 4.69) is 17.2 Å². The highest BCUT2D eigenvalue weighted by Crippen LogP contribution is 2.32. The van der Waals surface area contributed by atoms with Crippen molar-refractivity contribution in [3.8, 4) is 0 Å². The molecular formula is C21H33N3O5S2. The van der Waals surface area contributed by atoms with E-state index >= 15 is 0 Å². The van der Waals surface area contributed by atoms with Gasteiger partial charge in [-0.2, -0.15) is 0 Å². The largest absolute Gasteiger partial charge is 0.610 e. The summed E-state index contributed by atoms with van der Waals surface area (Å²) in [6.45, 7) is 2.90. The van der Waals surface area contributed by atoms with Gasteiger partial charge in [0.25, 0.3) is 0 Å². The van der Waals surface area contributed by atoms with Crippen LogP contribution in [0.4, 0.5) is 9.93 Å². The van der Waals surface area contributed by atoms with Crippen molar-refractivity contribution in [1.82, 2.24) is 9.88 Å². The number of aromatic nitrogens is 1. The van der Waals surface area contributed by atoms with E-state index < -0.39 is 22.9 Å². The number of anilines is 1. The Morgan fingerprint density at radius 3 is 2.55 bits per heavy atom. The molecule has 1 aromatic heterocycles. The molecular weight excluding hydrogens is 438 g/mol. The molecule has 0 aromatic carbocycles. The standard InChI is InChI=1S/C21H33N3O5S2/c1-2-12-29-17-10-8-16(9-11-17)24(15-6-4-3-5-7-15)21(27)23-20-22-13-19(30-20)31(28)14-18(25)26/h13,15-17H,2-12,14H2,1H3,(H,25,26)(H,22,23,27)/t16-,17-,31?. The molecule has 0 aliphatic heterocycles. The van der Waals surface area contributed by atoms with E-state index in [-0.39, 0.29) is 18.1 Å². The van der Waals surface area contributed by atoms with Gasteiger partial charge in [-0.25, -0.2) is 14.6 Å². The van der Waals surface area contributed by atoms with E-state index in [1.165, 1.54) is 12.6 Å². The van der Waals surface area contributed by atoms with E-state index in [0.717, 1.165) is 75.7 Å². The first-order valence-electron chi connectivity index (χ1n) is 11.2. The summed E-state index contributed by atoms with van der Waals surface area (Å²) in [5, 5.41) is 12.1. The third-order valence-electron chi connectivity index (χ3n) is 5.97. The second kappa shape index (κ2) is 12.0. The molecule has 0 saturated heterocycles. The lowest BCUT2D eigenvalue weighted by Gasteiger charge is -2.42. The van der Waals surface area contributed by atoms with E-state index in [0.29, 0.717) is 15.4 Å². The molecule has 0 bridgehead atoms. The van der Waals surface area contributed by atoms with Crippen LogP contribution < -0.4 is 5.32 Å². The van der Waals surface area contributed by atoms with E-state index in [1.807, 2.05) is 4.90 Å². The van der Waals surface area contributed by atoms with Crippen molar-refractivity contribution >= 4 is 39.6 Å². The molecule has 0 radical (unpaired) electrons. The number of amides is 2. The minimum Gasteiger partial charge on any atom is -0.610 e. The van der Waals surface area contributed by atoms with Crippen molar-refractivity contribution in [3.05, 3.63) is 6.20 Å². The molecule has 2 N–H and O–H groups in total. The Kier molecular flexibility index (Phi) is 9.43. The van der Waals surface area contributed by atoms with Crippen molar-refractivity contribution < 1.29 is 24.0 Å². The van der Waals surface area contributed by atoms with Crippen LogP contribution in [0.2, 0.25) is 0 Å². The molecule has 2 saturated carbocycles. The number of nitrogens with one attached hydrogen (secondary N) is 1. The van der Waals surface area contributed by atoms with Crippen LogP contribution >= 0.6 is 11.3 Å². The molecule has 1 aromatic rings. The monoisotopic (exact) mass is 471 g/mol. The summed E-state index contributed by atoms with van der Waals surface area (Å²) in [5.41, 5.74) is 0. The summed E-state index contributed by atoms with van der Waals surface area (Å²) in [5.74, 6) is -1.59. The number of urea groups is 1. The average molecular weight is 472 g/mol. The molecule has 1 heterocycles. The summed E-state index contributed by atoms with van der Waals surface area (Å²) in [6.07, 6.45) is 12.0. The Labute approximate surface area is 190 Å². The Morgan fingerprint density at radius 2 is 1.90 bits per heavy atom. The topological polar surface area (TPSA) is 115 Å².